The lowest BCUT2D eigenvalue weighted by Crippen LogP contribution is -2.46. The number of nitrogens with zero attached hydrogens (tertiary/aromatic N) is 3. The number of phenolic OH excluding ortho intramolecular Hbond substituents is 1. The molecule has 4 rings (SSSR count). The Balaban J connectivity index is 1.43. The molecule has 1 aliphatic rings. The Morgan fingerprint density at radius 3 is 2.50 bits per heavy atom. The van der Waals surface area contributed by atoms with Crippen LogP contribution in [0.25, 0.3) is 5.69 Å². The Labute approximate surface area is 177 Å². The fourth-order valence-electron chi connectivity index (χ4n) is 4.11. The van der Waals surface area contributed by atoms with Gasteiger partial charge in [0.25, 0.3) is 0 Å². The average Bonchev–Trinajstić information content (AvgIpc) is 3.08. The molecule has 0 bridgehead atoms. The van der Waals surface area contributed by atoms with Crippen LogP contribution in [0.4, 0.5) is 5.69 Å². The van der Waals surface area contributed by atoms with Crippen LogP contribution < -0.4 is 5.32 Å². The fourth-order valence-corrected chi connectivity index (χ4v) is 4.11. The van der Waals surface area contributed by atoms with Crippen molar-refractivity contribution in [1.29, 1.82) is 0 Å². The summed E-state index contributed by atoms with van der Waals surface area (Å²) in [6, 6.07) is 16.9. The largest absolute Gasteiger partial charge is 0.508 e. The molecular weight excluding hydrogens is 376 g/mol. The molecule has 0 radical (unpaired) electrons. The van der Waals surface area contributed by atoms with E-state index in [1.807, 2.05) is 61.0 Å². The van der Waals surface area contributed by atoms with Gasteiger partial charge in [0.1, 0.15) is 5.75 Å². The molecule has 1 fully saturated rings. The van der Waals surface area contributed by atoms with E-state index in [2.05, 4.69) is 15.3 Å². The molecule has 0 spiro atoms. The van der Waals surface area contributed by atoms with E-state index < -0.39 is 0 Å². The fraction of sp³-hybridized carbons (Fsp3) is 0.333. The van der Waals surface area contributed by atoms with Crippen molar-refractivity contribution in [3.05, 3.63) is 71.5 Å². The van der Waals surface area contributed by atoms with E-state index >= 15 is 0 Å². The van der Waals surface area contributed by atoms with Crippen LogP contribution in [0.5, 0.6) is 5.75 Å². The molecule has 0 aliphatic carbocycles. The number of amides is 1. The molecule has 156 valence electrons. The van der Waals surface area contributed by atoms with E-state index in [0.29, 0.717) is 6.54 Å². The van der Waals surface area contributed by atoms with Crippen molar-refractivity contribution in [1.82, 2.24) is 14.7 Å². The first kappa shape index (κ1) is 20.2. The predicted octanol–water partition coefficient (Wildman–Crippen LogP) is 4.19. The van der Waals surface area contributed by atoms with Crippen LogP contribution in [-0.4, -0.2) is 38.3 Å². The monoisotopic (exact) mass is 404 g/mol. The van der Waals surface area contributed by atoms with Crippen LogP contribution in [-0.2, 0) is 11.3 Å². The normalized spacial score (nSPS) is 17.1. The lowest BCUT2D eigenvalue weighted by atomic mass is 10.00. The highest BCUT2D eigenvalue weighted by molar-refractivity contribution is 5.95. The molecule has 30 heavy (non-hydrogen) atoms. The molecule has 6 heteroatoms. The van der Waals surface area contributed by atoms with Gasteiger partial charge in [0.05, 0.1) is 17.4 Å². The highest BCUT2D eigenvalue weighted by atomic mass is 16.3. The molecule has 1 saturated heterocycles. The maximum absolute atomic E-state index is 13.0. The quantitative estimate of drug-likeness (QED) is 0.669. The summed E-state index contributed by atoms with van der Waals surface area (Å²) in [6.45, 7) is 5.61. The molecular formula is C24H28N4O2. The molecule has 2 aromatic carbocycles. The average molecular weight is 405 g/mol. The van der Waals surface area contributed by atoms with Gasteiger partial charge in [0.15, 0.2) is 0 Å². The van der Waals surface area contributed by atoms with Crippen molar-refractivity contribution in [3.8, 4) is 11.4 Å². The number of aromatic hydroxyl groups is 1. The van der Waals surface area contributed by atoms with Gasteiger partial charge in [0, 0.05) is 17.9 Å². The minimum atomic E-state index is -0.150. The third-order valence-electron chi connectivity index (χ3n) is 5.63. The first-order valence-corrected chi connectivity index (χ1v) is 10.5. The number of aromatic nitrogens is 2. The number of nitrogens with one attached hydrogen (secondary N) is 1. The van der Waals surface area contributed by atoms with Gasteiger partial charge >= 0.3 is 0 Å². The van der Waals surface area contributed by atoms with E-state index in [9.17, 15) is 9.90 Å². The second-order valence-electron chi connectivity index (χ2n) is 8.02. The summed E-state index contributed by atoms with van der Waals surface area (Å²) < 4.78 is 1.90. The third kappa shape index (κ3) is 4.54. The highest BCUT2D eigenvalue weighted by Crippen LogP contribution is 2.23. The highest BCUT2D eigenvalue weighted by Gasteiger charge is 2.28. The number of phenols is 1. The van der Waals surface area contributed by atoms with Crippen LogP contribution in [0.1, 0.15) is 36.2 Å². The summed E-state index contributed by atoms with van der Waals surface area (Å²) in [6.07, 6.45) is 3.01. The number of likely N-dealkylation sites (tertiary alicyclic amines) is 1. The van der Waals surface area contributed by atoms with Gasteiger partial charge in [-0.25, -0.2) is 4.68 Å². The molecule has 1 amide bonds. The van der Waals surface area contributed by atoms with Crippen LogP contribution in [0.2, 0.25) is 0 Å². The summed E-state index contributed by atoms with van der Waals surface area (Å²) in [5.41, 5.74) is 4.93. The standard InChI is InChI=1S/C24H28N4O2/c1-17-15-18(2)28(26-17)21-10-8-20(9-11-21)25-24(30)23-5-3-4-14-27(23)16-19-6-12-22(29)13-7-19/h6-13,15,23,29H,3-5,14,16H2,1-2H3,(H,25,30)/t23-/m0/s1. The van der Waals surface area contributed by atoms with E-state index in [1.54, 1.807) is 12.1 Å². The maximum Gasteiger partial charge on any atom is 0.241 e. The van der Waals surface area contributed by atoms with Gasteiger partial charge in [0.2, 0.25) is 5.91 Å². The molecule has 2 N–H and O–H groups in total. The van der Waals surface area contributed by atoms with Gasteiger partial charge < -0.3 is 10.4 Å². The maximum atomic E-state index is 13.0. The van der Waals surface area contributed by atoms with Crippen molar-refractivity contribution >= 4 is 11.6 Å². The molecule has 3 aromatic rings. The smallest absolute Gasteiger partial charge is 0.241 e. The molecule has 0 saturated carbocycles. The topological polar surface area (TPSA) is 70.4 Å². The number of carbonyl (C=O) groups is 1. The van der Waals surface area contributed by atoms with Crippen LogP contribution >= 0.6 is 0 Å². The number of aryl methyl sites for hydroxylation is 2. The molecule has 1 aliphatic heterocycles. The summed E-state index contributed by atoms with van der Waals surface area (Å²) in [5, 5.41) is 17.1. The Morgan fingerprint density at radius 1 is 1.10 bits per heavy atom. The van der Waals surface area contributed by atoms with Crippen molar-refractivity contribution in [2.24, 2.45) is 0 Å². The van der Waals surface area contributed by atoms with Crippen LogP contribution in [0, 0.1) is 13.8 Å². The molecule has 1 aromatic heterocycles. The Morgan fingerprint density at radius 2 is 1.83 bits per heavy atom. The number of carbonyl (C=O) groups excluding carboxylic acids is 1. The number of rotatable bonds is 5. The zero-order chi connectivity index (χ0) is 21.1. The van der Waals surface area contributed by atoms with Gasteiger partial charge in [-0.1, -0.05) is 18.6 Å². The first-order chi connectivity index (χ1) is 14.5. The second kappa shape index (κ2) is 8.71. The summed E-state index contributed by atoms with van der Waals surface area (Å²) in [4.78, 5) is 15.3. The summed E-state index contributed by atoms with van der Waals surface area (Å²) in [5.74, 6) is 0.294. The van der Waals surface area contributed by atoms with E-state index in [4.69, 9.17) is 0 Å². The molecule has 0 unspecified atom stereocenters. The minimum absolute atomic E-state index is 0.0346. The molecule has 6 nitrogen and oxygen atoms in total. The second-order valence-corrected chi connectivity index (χ2v) is 8.02. The molecule has 1 atom stereocenters. The minimum Gasteiger partial charge on any atom is -0.508 e. The first-order valence-electron chi connectivity index (χ1n) is 10.5. The van der Waals surface area contributed by atoms with Crippen molar-refractivity contribution in [2.45, 2.75) is 45.7 Å². The number of hydrogen-bond acceptors (Lipinski definition) is 4. The zero-order valence-corrected chi connectivity index (χ0v) is 17.5. The number of piperidine rings is 1. The van der Waals surface area contributed by atoms with Gasteiger partial charge in [-0.3, -0.25) is 9.69 Å². The number of anilines is 1. The number of benzene rings is 2. The lowest BCUT2D eigenvalue weighted by molar-refractivity contribution is -0.122. The van der Waals surface area contributed by atoms with Gasteiger partial charge in [-0.2, -0.15) is 5.10 Å². The Hall–Kier alpha value is -3.12. The Bertz CT molecular complexity index is 1010. The zero-order valence-electron chi connectivity index (χ0n) is 17.5. The third-order valence-corrected chi connectivity index (χ3v) is 5.63. The number of hydrogen-bond donors (Lipinski definition) is 2. The summed E-state index contributed by atoms with van der Waals surface area (Å²) in [7, 11) is 0. The van der Waals surface area contributed by atoms with E-state index in [-0.39, 0.29) is 17.7 Å². The van der Waals surface area contributed by atoms with Crippen LogP contribution in [0.3, 0.4) is 0 Å². The van der Waals surface area contributed by atoms with Gasteiger partial charge in [-0.05, 0) is 81.3 Å². The summed E-state index contributed by atoms with van der Waals surface area (Å²) >= 11 is 0. The van der Waals surface area contributed by atoms with Crippen molar-refractivity contribution in [2.75, 3.05) is 11.9 Å². The van der Waals surface area contributed by atoms with E-state index in [1.165, 1.54) is 0 Å². The van der Waals surface area contributed by atoms with Crippen LogP contribution in [0.15, 0.2) is 54.6 Å². The predicted molar refractivity (Wildman–Crippen MR) is 118 cm³/mol. The molecule has 2 heterocycles. The Kier molecular flexibility index (Phi) is 5.86. The lowest BCUT2D eigenvalue weighted by Gasteiger charge is -2.34. The van der Waals surface area contributed by atoms with Crippen molar-refractivity contribution in [3.63, 3.8) is 0 Å². The van der Waals surface area contributed by atoms with E-state index in [0.717, 1.165) is 54.1 Å². The van der Waals surface area contributed by atoms with Gasteiger partial charge in [-0.15, -0.1) is 0 Å². The van der Waals surface area contributed by atoms with Crippen molar-refractivity contribution < 1.29 is 9.90 Å². The SMILES string of the molecule is Cc1cc(C)n(-c2ccc(NC(=O)[C@@H]3CCCCN3Cc3ccc(O)cc3)cc2)n1.